The lowest BCUT2D eigenvalue weighted by Gasteiger charge is -1.95. The van der Waals surface area contributed by atoms with Crippen molar-refractivity contribution in [3.63, 3.8) is 0 Å². The van der Waals surface area contributed by atoms with Gasteiger partial charge in [0, 0.05) is 6.61 Å². The number of hydrogen-bond acceptors (Lipinski definition) is 1. The molecule has 0 amide bonds. The number of hydrogen-bond donors (Lipinski definition) is 1. The van der Waals surface area contributed by atoms with Crippen molar-refractivity contribution >= 4 is 22.6 Å². The highest BCUT2D eigenvalue weighted by atomic mass is 127. The number of aliphatic hydroxyl groups excluding tert-OH is 1. The zero-order valence-corrected chi connectivity index (χ0v) is 6.42. The fourth-order valence-electron chi connectivity index (χ4n) is 0.564. The van der Waals surface area contributed by atoms with E-state index in [1.54, 1.807) is 0 Å². The van der Waals surface area contributed by atoms with E-state index in [-0.39, 0.29) is 6.61 Å². The highest BCUT2D eigenvalue weighted by molar-refractivity contribution is 14.1. The van der Waals surface area contributed by atoms with E-state index >= 15 is 0 Å². The second kappa shape index (κ2) is 2.55. The van der Waals surface area contributed by atoms with E-state index in [2.05, 4.69) is 22.6 Å². The smallest absolute Gasteiger partial charge is 0.0247 e. The van der Waals surface area contributed by atoms with Crippen LogP contribution in [0.15, 0.2) is 18.2 Å². The van der Waals surface area contributed by atoms with E-state index in [4.69, 9.17) is 5.11 Å². The fourth-order valence-corrected chi connectivity index (χ4v) is 1.12. The second-order valence-electron chi connectivity index (χ2n) is 1.56. The summed E-state index contributed by atoms with van der Waals surface area (Å²) in [5.41, 5.74) is 1.02. The molecule has 0 heterocycles. The van der Waals surface area contributed by atoms with Crippen LogP contribution >= 0.6 is 22.6 Å². The monoisotopic (exact) mass is 221 g/mol. The summed E-state index contributed by atoms with van der Waals surface area (Å²) < 4.78 is 1.14. The Morgan fingerprint density at radius 2 is 2.50 bits per heavy atom. The summed E-state index contributed by atoms with van der Waals surface area (Å²) >= 11 is 2.20. The Morgan fingerprint density at radius 3 is 2.75 bits per heavy atom. The van der Waals surface area contributed by atoms with E-state index < -0.39 is 0 Å². The van der Waals surface area contributed by atoms with Gasteiger partial charge in [0.25, 0.3) is 0 Å². The van der Waals surface area contributed by atoms with Crippen molar-refractivity contribution in [2.45, 2.75) is 6.61 Å². The summed E-state index contributed by atoms with van der Waals surface area (Å²) in [6, 6.07) is 5.83. The molecule has 0 aromatic heterocycles. The molecule has 2 heteroatoms. The van der Waals surface area contributed by atoms with E-state index in [9.17, 15) is 0 Å². The molecule has 0 aliphatic heterocycles. The third-order valence-corrected chi connectivity index (χ3v) is 2.07. The molecule has 1 aromatic carbocycles. The van der Waals surface area contributed by atoms with E-state index in [0.717, 1.165) is 9.13 Å². The zero-order chi connectivity index (χ0) is 5.98. The third-order valence-electron chi connectivity index (χ3n) is 1.02. The Balaban J connectivity index is 2.92. The minimum Gasteiger partial charge on any atom is -0.404 e. The van der Waals surface area contributed by atoms with E-state index in [1.165, 1.54) is 0 Å². The molecule has 0 spiro atoms. The molecule has 0 radical (unpaired) electrons. The molecule has 1 N–H and O–H groups in total. The maximum atomic E-state index is 8.60. The van der Waals surface area contributed by atoms with Crippen molar-refractivity contribution in [2.75, 3.05) is 0 Å². The topological polar surface area (TPSA) is 20.2 Å². The van der Waals surface area contributed by atoms with Crippen LogP contribution in [0.5, 0.6) is 0 Å². The predicted octanol–water partition coefficient (Wildman–Crippen LogP) is 1.50. The molecule has 8 heavy (non-hydrogen) atoms. The van der Waals surface area contributed by atoms with Gasteiger partial charge in [-0.05, 0) is 0 Å². The van der Waals surface area contributed by atoms with Crippen molar-refractivity contribution in [3.8, 4) is 0 Å². The summed E-state index contributed by atoms with van der Waals surface area (Å²) in [5, 5.41) is 8.60. The van der Waals surface area contributed by atoms with Gasteiger partial charge in [0.05, 0.1) is 0 Å². The lowest BCUT2D eigenvalue weighted by atomic mass is 10.4. The first-order chi connectivity index (χ1) is 3.84. The largest absolute Gasteiger partial charge is 0.404 e. The van der Waals surface area contributed by atoms with Crippen molar-refractivity contribution in [1.82, 2.24) is 0 Å². The SMILES string of the molecule is OC[c-]1cccc1I. The summed E-state index contributed by atoms with van der Waals surface area (Å²) in [5.74, 6) is 0. The molecule has 0 aliphatic carbocycles. The molecular formula is C6H6IO-. The van der Waals surface area contributed by atoms with E-state index in [0.29, 0.717) is 0 Å². The maximum Gasteiger partial charge on any atom is 0.0247 e. The molecule has 1 rings (SSSR count). The first-order valence-electron chi connectivity index (χ1n) is 2.35. The van der Waals surface area contributed by atoms with Gasteiger partial charge in [-0.3, -0.25) is 0 Å². The number of halogens is 1. The summed E-state index contributed by atoms with van der Waals surface area (Å²) in [6.45, 7) is 0.158. The molecule has 0 saturated heterocycles. The quantitative estimate of drug-likeness (QED) is 0.562. The second-order valence-corrected chi connectivity index (χ2v) is 2.72. The lowest BCUT2D eigenvalue weighted by molar-refractivity contribution is 0.281. The van der Waals surface area contributed by atoms with Crippen LogP contribution in [0.25, 0.3) is 0 Å². The zero-order valence-electron chi connectivity index (χ0n) is 4.26. The van der Waals surface area contributed by atoms with Gasteiger partial charge in [-0.2, -0.15) is 6.07 Å². The van der Waals surface area contributed by atoms with Crippen LogP contribution in [-0.2, 0) is 6.61 Å². The van der Waals surface area contributed by atoms with Crippen molar-refractivity contribution in [1.29, 1.82) is 0 Å². The molecule has 0 saturated carbocycles. The average Bonchev–Trinajstić information content (AvgIpc) is 2.14. The van der Waals surface area contributed by atoms with Crippen molar-refractivity contribution < 1.29 is 5.11 Å². The van der Waals surface area contributed by atoms with E-state index in [1.807, 2.05) is 18.2 Å². The van der Waals surface area contributed by atoms with Gasteiger partial charge in [-0.25, -0.2) is 12.1 Å². The maximum absolute atomic E-state index is 8.60. The first kappa shape index (κ1) is 6.16. The average molecular weight is 221 g/mol. The van der Waals surface area contributed by atoms with Gasteiger partial charge in [-0.1, -0.05) is 22.6 Å². The van der Waals surface area contributed by atoms with Crippen molar-refractivity contribution in [2.24, 2.45) is 0 Å². The molecule has 1 nitrogen and oxygen atoms in total. The molecule has 44 valence electrons. The predicted molar refractivity (Wildman–Crippen MR) is 40.7 cm³/mol. The van der Waals surface area contributed by atoms with Crippen LogP contribution < -0.4 is 0 Å². The van der Waals surface area contributed by atoms with Crippen LogP contribution in [0.3, 0.4) is 0 Å². The highest BCUT2D eigenvalue weighted by Gasteiger charge is 1.83. The van der Waals surface area contributed by atoms with Crippen LogP contribution in [-0.4, -0.2) is 5.11 Å². The summed E-state index contributed by atoms with van der Waals surface area (Å²) in [7, 11) is 0. The first-order valence-corrected chi connectivity index (χ1v) is 3.43. The third kappa shape index (κ3) is 1.06. The lowest BCUT2D eigenvalue weighted by Crippen LogP contribution is -1.78. The molecular weight excluding hydrogens is 215 g/mol. The Bertz CT molecular complexity index is 169. The molecule has 0 fully saturated rings. The standard InChI is InChI=1S/C6H6IO/c7-6-3-1-2-5(6)4-8/h1-3,8H,4H2/q-1. The van der Waals surface area contributed by atoms with Gasteiger partial charge in [0.15, 0.2) is 0 Å². The number of rotatable bonds is 1. The molecule has 0 bridgehead atoms. The Labute approximate surface area is 61.8 Å². The van der Waals surface area contributed by atoms with Crippen LogP contribution in [0, 0.1) is 3.57 Å². The van der Waals surface area contributed by atoms with Gasteiger partial charge in [-0.15, -0.1) is 9.13 Å². The van der Waals surface area contributed by atoms with Crippen LogP contribution in [0.2, 0.25) is 0 Å². The normalized spacial score (nSPS) is 9.75. The Hall–Kier alpha value is 0.0400. The van der Waals surface area contributed by atoms with Crippen LogP contribution in [0.1, 0.15) is 5.56 Å². The van der Waals surface area contributed by atoms with Gasteiger partial charge in [0.1, 0.15) is 0 Å². The minimum absolute atomic E-state index is 0.158. The molecule has 0 unspecified atom stereocenters. The fraction of sp³-hybridized carbons (Fsp3) is 0.167. The minimum atomic E-state index is 0.158. The molecule has 0 aliphatic rings. The molecule has 1 aromatic rings. The summed E-state index contributed by atoms with van der Waals surface area (Å²) in [4.78, 5) is 0. The van der Waals surface area contributed by atoms with Crippen molar-refractivity contribution in [3.05, 3.63) is 27.3 Å². The van der Waals surface area contributed by atoms with Gasteiger partial charge >= 0.3 is 0 Å². The Morgan fingerprint density at radius 1 is 1.75 bits per heavy atom. The van der Waals surface area contributed by atoms with Gasteiger partial charge < -0.3 is 5.11 Å². The summed E-state index contributed by atoms with van der Waals surface area (Å²) in [6.07, 6.45) is 0. The molecule has 0 atom stereocenters. The highest BCUT2D eigenvalue weighted by Crippen LogP contribution is 2.11. The van der Waals surface area contributed by atoms with Crippen LogP contribution in [0.4, 0.5) is 0 Å². The Kier molecular flexibility index (Phi) is 1.96. The van der Waals surface area contributed by atoms with Gasteiger partial charge in [0.2, 0.25) is 0 Å². The number of aliphatic hydroxyl groups is 1.